The molecule has 2 aliphatic carbocycles. The van der Waals surface area contributed by atoms with Crippen molar-refractivity contribution >= 4 is 12.2 Å². The first-order valence-corrected chi connectivity index (χ1v) is 8.04. The van der Waals surface area contributed by atoms with Crippen LogP contribution >= 0.6 is 0 Å². The summed E-state index contributed by atoms with van der Waals surface area (Å²) in [5.41, 5.74) is -5.01. The van der Waals surface area contributed by atoms with Crippen molar-refractivity contribution in [3.63, 3.8) is 0 Å². The fraction of sp³-hybridized carbons (Fsp3) is 0.200. The monoisotopic (exact) mass is 416 g/mol. The number of rotatable bonds is 0. The Kier molecular flexibility index (Phi) is 4.69. The molecule has 148 valence electrons. The minimum absolute atomic E-state index is 0.222. The minimum atomic E-state index is -5.04. The van der Waals surface area contributed by atoms with E-state index in [-0.39, 0.29) is 11.1 Å². The summed E-state index contributed by atoms with van der Waals surface area (Å²) < 4.78 is 83.5. The average molecular weight is 416 g/mol. The molecule has 0 radical (unpaired) electrons. The van der Waals surface area contributed by atoms with Crippen molar-refractivity contribution in [2.75, 3.05) is 0 Å². The predicted octanol–water partition coefficient (Wildman–Crippen LogP) is 3.79. The molecule has 0 amide bonds. The molecule has 4 nitrogen and oxygen atoms in total. The Bertz CT molecular complexity index is 1210. The standard InChI is InChI=1S/C20H6F6N4/c1-29-18(30-2)10-5-14-15(6-10)17(20(24,25)26)13-4-9(11(7-27)8-28)3-12(13)16(14)19(21,22)23/h3,6H,4-5H2. The molecule has 3 rings (SSSR count). The molecule has 1 aromatic carbocycles. The van der Waals surface area contributed by atoms with Gasteiger partial charge in [0.05, 0.1) is 16.7 Å². The van der Waals surface area contributed by atoms with Gasteiger partial charge in [-0.05, 0) is 39.6 Å². The zero-order valence-electron chi connectivity index (χ0n) is 14.6. The number of halogens is 6. The van der Waals surface area contributed by atoms with Crippen LogP contribution in [0.3, 0.4) is 0 Å². The maximum Gasteiger partial charge on any atom is 0.522 e. The zero-order valence-corrected chi connectivity index (χ0v) is 14.6. The lowest BCUT2D eigenvalue weighted by molar-refractivity contribution is -0.143. The number of alkyl halides is 6. The number of benzene rings is 1. The Morgan fingerprint density at radius 2 is 1.20 bits per heavy atom. The number of fused-ring (bicyclic) bond motifs is 2. The summed E-state index contributed by atoms with van der Waals surface area (Å²) in [5.74, 6) is -0.603. The Labute approximate surface area is 165 Å². The van der Waals surface area contributed by atoms with Crippen LogP contribution in [0.1, 0.15) is 22.3 Å². The van der Waals surface area contributed by atoms with E-state index >= 15 is 0 Å². The molecule has 0 fully saturated rings. The summed E-state index contributed by atoms with van der Waals surface area (Å²) in [6, 6.07) is 2.96. The molecule has 0 aromatic heterocycles. The third-order valence-corrected chi connectivity index (χ3v) is 4.77. The Balaban J connectivity index is 2.57. The highest BCUT2D eigenvalue weighted by Gasteiger charge is 2.45. The summed E-state index contributed by atoms with van der Waals surface area (Å²) in [6.07, 6.45) is -9.80. The fourth-order valence-electron chi connectivity index (χ4n) is 3.70. The molecule has 0 heterocycles. The third kappa shape index (κ3) is 3.09. The predicted molar refractivity (Wildman–Crippen MR) is 90.5 cm³/mol. The van der Waals surface area contributed by atoms with E-state index in [0.29, 0.717) is 0 Å². The van der Waals surface area contributed by atoms with Gasteiger partial charge in [-0.3, -0.25) is 0 Å². The van der Waals surface area contributed by atoms with Crippen LogP contribution in [0.5, 0.6) is 0 Å². The molecule has 0 unspecified atom stereocenters. The van der Waals surface area contributed by atoms with Crippen molar-refractivity contribution in [2.24, 2.45) is 0 Å². The average Bonchev–Trinajstić information content (AvgIpc) is 3.23. The van der Waals surface area contributed by atoms with Crippen molar-refractivity contribution < 1.29 is 26.3 Å². The van der Waals surface area contributed by atoms with Gasteiger partial charge in [0, 0.05) is 6.42 Å². The summed E-state index contributed by atoms with van der Waals surface area (Å²) in [4.78, 5) is 5.77. The van der Waals surface area contributed by atoms with Gasteiger partial charge in [-0.2, -0.15) is 46.6 Å². The van der Waals surface area contributed by atoms with Crippen LogP contribution in [0.25, 0.3) is 21.8 Å². The molecule has 0 spiro atoms. The van der Waals surface area contributed by atoms with Gasteiger partial charge in [-0.15, -0.1) is 0 Å². The Morgan fingerprint density at radius 1 is 0.800 bits per heavy atom. The Hall–Kier alpha value is -4.02. The molecule has 0 N–H and O–H groups in total. The van der Waals surface area contributed by atoms with E-state index in [1.807, 2.05) is 0 Å². The largest absolute Gasteiger partial charge is 0.522 e. The van der Waals surface area contributed by atoms with E-state index in [0.717, 1.165) is 12.2 Å². The third-order valence-electron chi connectivity index (χ3n) is 4.77. The molecular weight excluding hydrogens is 410 g/mol. The molecule has 10 heteroatoms. The highest BCUT2D eigenvalue weighted by Crippen LogP contribution is 2.39. The second-order valence-corrected chi connectivity index (χ2v) is 6.37. The van der Waals surface area contributed by atoms with Crippen LogP contribution in [0.4, 0.5) is 26.3 Å². The van der Waals surface area contributed by atoms with Crippen LogP contribution in [-0.2, 0) is 25.2 Å². The van der Waals surface area contributed by atoms with Gasteiger partial charge in [0.1, 0.15) is 30.9 Å². The second-order valence-electron chi connectivity index (χ2n) is 6.37. The van der Waals surface area contributed by atoms with Gasteiger partial charge < -0.3 is 0 Å². The van der Waals surface area contributed by atoms with E-state index in [1.54, 1.807) is 0 Å². The number of nitrogens with zero attached hydrogens (tertiary/aromatic N) is 4. The fourth-order valence-corrected chi connectivity index (χ4v) is 3.70. The highest BCUT2D eigenvalue weighted by atomic mass is 19.4. The van der Waals surface area contributed by atoms with E-state index in [1.165, 1.54) is 12.1 Å². The summed E-state index contributed by atoms with van der Waals surface area (Å²) >= 11 is 0. The molecule has 0 saturated heterocycles. The molecule has 30 heavy (non-hydrogen) atoms. The molecule has 0 bridgehead atoms. The van der Waals surface area contributed by atoms with E-state index < -0.39 is 69.3 Å². The van der Waals surface area contributed by atoms with Crippen LogP contribution in [0.2, 0.25) is 0 Å². The lowest BCUT2D eigenvalue weighted by Gasteiger charge is -2.18. The van der Waals surface area contributed by atoms with Crippen LogP contribution in [0.15, 0.2) is 22.5 Å². The number of hydrogen-bond donors (Lipinski definition) is 0. The van der Waals surface area contributed by atoms with Crippen LogP contribution < -0.4 is 10.4 Å². The molecule has 0 atom stereocenters. The Morgan fingerprint density at radius 3 is 1.57 bits per heavy atom. The first-order valence-electron chi connectivity index (χ1n) is 8.04. The van der Waals surface area contributed by atoms with Gasteiger partial charge in [-0.25, -0.2) is 0 Å². The second kappa shape index (κ2) is 6.79. The smallest absolute Gasteiger partial charge is 0.192 e. The quantitative estimate of drug-likeness (QED) is 0.367. The van der Waals surface area contributed by atoms with Crippen molar-refractivity contribution in [3.8, 4) is 12.1 Å². The van der Waals surface area contributed by atoms with E-state index in [4.69, 9.17) is 23.7 Å². The van der Waals surface area contributed by atoms with Crippen LogP contribution in [-0.4, -0.2) is 0 Å². The number of hydrogen-bond acceptors (Lipinski definition) is 2. The molecule has 1 aromatic rings. The van der Waals surface area contributed by atoms with Crippen LogP contribution in [0, 0.1) is 35.8 Å². The molecule has 0 saturated carbocycles. The lowest BCUT2D eigenvalue weighted by atomic mass is 9.93. The summed E-state index contributed by atoms with van der Waals surface area (Å²) in [5, 5.41) is 16.5. The lowest BCUT2D eigenvalue weighted by Crippen LogP contribution is -2.34. The maximum absolute atomic E-state index is 13.9. The van der Waals surface area contributed by atoms with Gasteiger partial charge in [-0.1, -0.05) is 6.08 Å². The van der Waals surface area contributed by atoms with Crippen molar-refractivity contribution in [3.05, 3.63) is 78.1 Å². The van der Waals surface area contributed by atoms with Gasteiger partial charge in [0.15, 0.2) is 0 Å². The molecule has 0 aliphatic heterocycles. The van der Waals surface area contributed by atoms with Gasteiger partial charge in [0.2, 0.25) is 0 Å². The molecular formula is C20H6F6N4. The minimum Gasteiger partial charge on any atom is -0.192 e. The van der Waals surface area contributed by atoms with Crippen molar-refractivity contribution in [1.82, 2.24) is 0 Å². The zero-order chi connectivity index (χ0) is 22.4. The first kappa shape index (κ1) is 20.7. The number of nitriles is 2. The normalized spacial score (nSPS) is 14.3. The van der Waals surface area contributed by atoms with Gasteiger partial charge >= 0.3 is 18.2 Å². The SMILES string of the molecule is [C-]#[N+]C([N+]#[C-])=C1C=c2c(c(C(F)(F)F)c3c(c2C(F)(F)F)CC(=C(C#N)C#N)C=3)C1. The summed E-state index contributed by atoms with van der Waals surface area (Å²) in [7, 11) is 0. The van der Waals surface area contributed by atoms with E-state index in [9.17, 15) is 26.3 Å². The first-order chi connectivity index (χ1) is 14.0. The van der Waals surface area contributed by atoms with E-state index in [2.05, 4.69) is 9.69 Å². The topological polar surface area (TPSA) is 56.3 Å². The van der Waals surface area contributed by atoms with Gasteiger partial charge in [0.25, 0.3) is 0 Å². The summed E-state index contributed by atoms with van der Waals surface area (Å²) in [6.45, 7) is 13.9. The maximum atomic E-state index is 13.9. The van der Waals surface area contributed by atoms with Crippen molar-refractivity contribution in [1.29, 1.82) is 10.5 Å². The van der Waals surface area contributed by atoms with Crippen molar-refractivity contribution in [2.45, 2.75) is 25.2 Å². The number of allylic oxidation sites excluding steroid dienone is 3. The molecule has 2 aliphatic rings. The highest BCUT2D eigenvalue weighted by molar-refractivity contribution is 5.71.